The Labute approximate surface area is 192 Å². The smallest absolute Gasteiger partial charge is 0.187 e. The monoisotopic (exact) mass is 447 g/mol. The molecule has 5 rings (SSSR count). The Balaban J connectivity index is 1.72. The van der Waals surface area contributed by atoms with Crippen LogP contribution in [0.1, 0.15) is 55.5 Å². The SMILES string of the molecule is CCN(C)c1cc(C)c(/C=c2/c(C(C)(C)C)nn3c(-c4ccccc4C4CO4)nnc23)s1. The molecule has 32 heavy (non-hydrogen) atoms. The molecular weight excluding hydrogens is 418 g/mol. The summed E-state index contributed by atoms with van der Waals surface area (Å²) in [5.74, 6) is 0.769. The molecule has 0 aliphatic carbocycles. The quantitative estimate of drug-likeness (QED) is 0.421. The van der Waals surface area contributed by atoms with Crippen molar-refractivity contribution in [1.29, 1.82) is 0 Å². The summed E-state index contributed by atoms with van der Waals surface area (Å²) in [6.07, 6.45) is 2.38. The molecule has 4 heterocycles. The minimum Gasteiger partial charge on any atom is -0.368 e. The molecule has 0 radical (unpaired) electrons. The van der Waals surface area contributed by atoms with E-state index in [4.69, 9.17) is 9.84 Å². The van der Waals surface area contributed by atoms with Crippen LogP contribution in [0.2, 0.25) is 0 Å². The average Bonchev–Trinajstić information content (AvgIpc) is 3.27. The highest BCUT2D eigenvalue weighted by molar-refractivity contribution is 7.17. The topological polar surface area (TPSA) is 58.9 Å². The molecule has 1 atom stereocenters. The van der Waals surface area contributed by atoms with Crippen molar-refractivity contribution < 1.29 is 4.74 Å². The predicted molar refractivity (Wildman–Crippen MR) is 130 cm³/mol. The van der Waals surface area contributed by atoms with Crippen LogP contribution in [0.4, 0.5) is 5.00 Å². The van der Waals surface area contributed by atoms with Crippen molar-refractivity contribution in [2.75, 3.05) is 25.1 Å². The van der Waals surface area contributed by atoms with Gasteiger partial charge in [0, 0.05) is 34.7 Å². The number of nitrogens with zero attached hydrogens (tertiary/aromatic N) is 5. The van der Waals surface area contributed by atoms with Gasteiger partial charge >= 0.3 is 0 Å². The first-order valence-corrected chi connectivity index (χ1v) is 11.9. The summed E-state index contributed by atoms with van der Waals surface area (Å²) in [5, 5.41) is 16.5. The molecule has 1 fully saturated rings. The summed E-state index contributed by atoms with van der Waals surface area (Å²) in [7, 11) is 2.13. The van der Waals surface area contributed by atoms with Crippen LogP contribution in [-0.2, 0) is 10.2 Å². The number of aromatic nitrogens is 4. The van der Waals surface area contributed by atoms with Crippen molar-refractivity contribution in [1.82, 2.24) is 19.8 Å². The van der Waals surface area contributed by atoms with Crippen LogP contribution in [0, 0.1) is 6.92 Å². The van der Waals surface area contributed by atoms with Crippen molar-refractivity contribution in [2.45, 2.75) is 46.1 Å². The first kappa shape index (κ1) is 21.1. The van der Waals surface area contributed by atoms with E-state index in [0.717, 1.165) is 46.7 Å². The number of ether oxygens (including phenoxy) is 1. The second kappa shape index (κ2) is 7.67. The van der Waals surface area contributed by atoms with Gasteiger partial charge in [-0.3, -0.25) is 0 Å². The van der Waals surface area contributed by atoms with Crippen LogP contribution >= 0.6 is 11.3 Å². The number of aryl methyl sites for hydroxylation is 1. The van der Waals surface area contributed by atoms with Gasteiger partial charge in [0.1, 0.15) is 6.10 Å². The van der Waals surface area contributed by atoms with Gasteiger partial charge in [-0.15, -0.1) is 21.5 Å². The molecule has 1 unspecified atom stereocenters. The number of epoxide rings is 1. The van der Waals surface area contributed by atoms with E-state index >= 15 is 0 Å². The molecule has 0 saturated carbocycles. The van der Waals surface area contributed by atoms with Gasteiger partial charge in [0.15, 0.2) is 11.5 Å². The lowest BCUT2D eigenvalue weighted by Gasteiger charge is -2.15. The highest BCUT2D eigenvalue weighted by Crippen LogP contribution is 2.36. The number of rotatable bonds is 5. The van der Waals surface area contributed by atoms with Crippen LogP contribution in [0.3, 0.4) is 0 Å². The summed E-state index contributed by atoms with van der Waals surface area (Å²) in [4.78, 5) is 3.50. The Bertz CT molecular complexity index is 1340. The van der Waals surface area contributed by atoms with E-state index in [-0.39, 0.29) is 11.5 Å². The van der Waals surface area contributed by atoms with Crippen molar-refractivity contribution >= 4 is 28.1 Å². The van der Waals surface area contributed by atoms with Gasteiger partial charge in [-0.2, -0.15) is 9.61 Å². The molecule has 0 N–H and O–H groups in total. The van der Waals surface area contributed by atoms with Crippen molar-refractivity contribution in [2.24, 2.45) is 0 Å². The first-order chi connectivity index (χ1) is 15.3. The largest absolute Gasteiger partial charge is 0.368 e. The van der Waals surface area contributed by atoms with E-state index in [1.165, 1.54) is 15.4 Å². The molecule has 1 saturated heterocycles. The number of fused-ring (bicyclic) bond motifs is 1. The van der Waals surface area contributed by atoms with Gasteiger partial charge in [-0.1, -0.05) is 45.0 Å². The highest BCUT2D eigenvalue weighted by Gasteiger charge is 2.30. The van der Waals surface area contributed by atoms with Gasteiger partial charge in [0.2, 0.25) is 0 Å². The fraction of sp³-hybridized carbons (Fsp3) is 0.400. The third kappa shape index (κ3) is 3.59. The molecule has 166 valence electrons. The van der Waals surface area contributed by atoms with Crippen LogP contribution in [0.25, 0.3) is 23.1 Å². The highest BCUT2D eigenvalue weighted by atomic mass is 32.1. The summed E-state index contributed by atoms with van der Waals surface area (Å²) in [6, 6.07) is 10.5. The van der Waals surface area contributed by atoms with E-state index in [0.29, 0.717) is 0 Å². The Hall–Kier alpha value is -2.77. The molecule has 1 aliphatic heterocycles. The molecular formula is C25H29N5OS. The number of anilines is 1. The van der Waals surface area contributed by atoms with Gasteiger partial charge in [0.05, 0.1) is 17.3 Å². The third-order valence-electron chi connectivity index (χ3n) is 6.00. The lowest BCUT2D eigenvalue weighted by molar-refractivity contribution is 0.416. The number of benzene rings is 1. The zero-order valence-electron chi connectivity index (χ0n) is 19.5. The van der Waals surface area contributed by atoms with E-state index in [1.54, 1.807) is 11.3 Å². The molecule has 1 aliphatic rings. The lowest BCUT2D eigenvalue weighted by Crippen LogP contribution is -2.22. The van der Waals surface area contributed by atoms with Crippen LogP contribution in [-0.4, -0.2) is 40.0 Å². The van der Waals surface area contributed by atoms with E-state index < -0.39 is 0 Å². The third-order valence-corrected chi connectivity index (χ3v) is 7.30. The summed E-state index contributed by atoms with van der Waals surface area (Å²) in [6.45, 7) is 12.7. The Morgan fingerprint density at radius 2 is 2.00 bits per heavy atom. The van der Waals surface area contributed by atoms with Gasteiger partial charge in [-0.05, 0) is 37.1 Å². The van der Waals surface area contributed by atoms with Crippen LogP contribution < -0.4 is 10.1 Å². The summed E-state index contributed by atoms with van der Waals surface area (Å²) in [5.41, 5.74) is 5.15. The standard InChI is InChI=1S/C25H29N5OS/c1-7-29(6)21-12-15(2)20(32-21)13-18-22(25(3,4)5)28-30-23(26-27-24(18)30)17-11-9-8-10-16(17)19-14-31-19/h8-13,19H,7,14H2,1-6H3/b18-13-. The van der Waals surface area contributed by atoms with Crippen LogP contribution in [0.15, 0.2) is 30.3 Å². The Morgan fingerprint density at radius 3 is 2.69 bits per heavy atom. The molecule has 0 amide bonds. The van der Waals surface area contributed by atoms with Crippen molar-refractivity contribution in [3.8, 4) is 11.4 Å². The molecule has 4 aromatic rings. The van der Waals surface area contributed by atoms with Crippen molar-refractivity contribution in [3.05, 3.63) is 57.2 Å². The second-order valence-corrected chi connectivity index (χ2v) is 10.5. The predicted octanol–water partition coefficient (Wildman–Crippen LogP) is 4.53. The zero-order valence-corrected chi connectivity index (χ0v) is 20.3. The second-order valence-electron chi connectivity index (χ2n) is 9.47. The Morgan fingerprint density at radius 1 is 1.25 bits per heavy atom. The van der Waals surface area contributed by atoms with E-state index in [1.807, 2.05) is 16.6 Å². The first-order valence-electron chi connectivity index (χ1n) is 11.1. The van der Waals surface area contributed by atoms with E-state index in [2.05, 4.69) is 81.0 Å². The van der Waals surface area contributed by atoms with Crippen LogP contribution in [0.5, 0.6) is 0 Å². The molecule has 7 heteroatoms. The summed E-state index contributed by atoms with van der Waals surface area (Å²) >= 11 is 1.80. The zero-order chi connectivity index (χ0) is 22.6. The van der Waals surface area contributed by atoms with Gasteiger partial charge in [-0.25, -0.2) is 0 Å². The molecule has 3 aromatic heterocycles. The minimum atomic E-state index is -0.128. The number of hydrogen-bond donors (Lipinski definition) is 0. The summed E-state index contributed by atoms with van der Waals surface area (Å²) < 4.78 is 7.48. The molecule has 6 nitrogen and oxygen atoms in total. The number of hydrogen-bond acceptors (Lipinski definition) is 6. The van der Waals surface area contributed by atoms with Crippen molar-refractivity contribution in [3.63, 3.8) is 0 Å². The number of thiophene rings is 1. The lowest BCUT2D eigenvalue weighted by atomic mass is 9.91. The van der Waals surface area contributed by atoms with E-state index in [9.17, 15) is 0 Å². The van der Waals surface area contributed by atoms with Gasteiger partial charge in [0.25, 0.3) is 0 Å². The minimum absolute atomic E-state index is 0.128. The normalized spacial score (nSPS) is 16.8. The fourth-order valence-corrected chi connectivity index (χ4v) is 5.11. The molecule has 1 aromatic carbocycles. The average molecular weight is 448 g/mol. The van der Waals surface area contributed by atoms with Gasteiger partial charge < -0.3 is 9.64 Å². The maximum Gasteiger partial charge on any atom is 0.187 e. The molecule has 0 spiro atoms. The Kier molecular flexibility index (Phi) is 5.06. The molecule has 0 bridgehead atoms. The fourth-order valence-electron chi connectivity index (χ4n) is 3.96. The maximum atomic E-state index is 5.56. The maximum absolute atomic E-state index is 5.56.